The molecule has 152 valence electrons. The summed E-state index contributed by atoms with van der Waals surface area (Å²) in [5, 5.41) is 3.00. The fourth-order valence-corrected chi connectivity index (χ4v) is 2.75. The summed E-state index contributed by atoms with van der Waals surface area (Å²) < 4.78 is 11.7. The molecule has 2 rings (SSSR count). The molecule has 0 heterocycles. The van der Waals surface area contributed by atoms with Gasteiger partial charge in [0.15, 0.2) is 0 Å². The first-order valence-electron chi connectivity index (χ1n) is 10.0. The summed E-state index contributed by atoms with van der Waals surface area (Å²) >= 11 is 0. The topological polar surface area (TPSA) is 47.6 Å². The van der Waals surface area contributed by atoms with E-state index in [2.05, 4.69) is 38.2 Å². The monoisotopic (exact) mass is 383 g/mol. The minimum atomic E-state index is -0.0758. The second kappa shape index (κ2) is 9.63. The van der Waals surface area contributed by atoms with Crippen LogP contribution in [0.1, 0.15) is 69.4 Å². The molecule has 0 saturated carbocycles. The second-order valence-electron chi connectivity index (χ2n) is 8.10. The van der Waals surface area contributed by atoms with Crippen LogP contribution in [0.5, 0.6) is 11.5 Å². The molecule has 2 aromatic rings. The molecule has 0 spiro atoms. The summed E-state index contributed by atoms with van der Waals surface area (Å²) in [4.78, 5) is 12.4. The molecule has 0 fully saturated rings. The van der Waals surface area contributed by atoms with E-state index < -0.39 is 0 Å². The van der Waals surface area contributed by atoms with Gasteiger partial charge in [0.1, 0.15) is 18.1 Å². The summed E-state index contributed by atoms with van der Waals surface area (Å²) in [7, 11) is 0. The van der Waals surface area contributed by atoms with E-state index in [4.69, 9.17) is 9.47 Å². The molecule has 28 heavy (non-hydrogen) atoms. The van der Waals surface area contributed by atoms with Crippen LogP contribution in [0, 0.1) is 0 Å². The van der Waals surface area contributed by atoms with Crippen LogP contribution in [0.3, 0.4) is 0 Å². The normalized spacial score (nSPS) is 12.4. The van der Waals surface area contributed by atoms with Gasteiger partial charge in [-0.15, -0.1) is 0 Å². The molecule has 0 aliphatic rings. The van der Waals surface area contributed by atoms with Crippen LogP contribution in [-0.2, 0) is 12.0 Å². The van der Waals surface area contributed by atoms with E-state index >= 15 is 0 Å². The predicted molar refractivity (Wildman–Crippen MR) is 114 cm³/mol. The van der Waals surface area contributed by atoms with Crippen molar-refractivity contribution in [2.24, 2.45) is 0 Å². The van der Waals surface area contributed by atoms with Gasteiger partial charge in [-0.1, -0.05) is 39.8 Å². The quantitative estimate of drug-likeness (QED) is 0.656. The third-order valence-corrected chi connectivity index (χ3v) is 4.73. The largest absolute Gasteiger partial charge is 0.493 e. The van der Waals surface area contributed by atoms with Crippen LogP contribution in [0.2, 0.25) is 0 Å². The fraction of sp³-hybridized carbons (Fsp3) is 0.458. The minimum absolute atomic E-state index is 0.0758. The number of hydrogen-bond acceptors (Lipinski definition) is 3. The van der Waals surface area contributed by atoms with Gasteiger partial charge >= 0.3 is 0 Å². The zero-order chi connectivity index (χ0) is 20.7. The number of ether oxygens (including phenoxy) is 2. The molecule has 0 aromatic heterocycles. The molecule has 0 bridgehead atoms. The summed E-state index contributed by atoms with van der Waals surface area (Å²) in [6, 6.07) is 13.8. The second-order valence-corrected chi connectivity index (χ2v) is 8.10. The molecule has 4 nitrogen and oxygen atoms in total. The summed E-state index contributed by atoms with van der Waals surface area (Å²) in [6.07, 6.45) is 0.892. The highest BCUT2D eigenvalue weighted by Gasteiger charge is 2.15. The molecule has 0 unspecified atom stereocenters. The first-order valence-corrected chi connectivity index (χ1v) is 10.0. The average molecular weight is 384 g/mol. The molecule has 0 aliphatic carbocycles. The molecule has 1 N–H and O–H groups in total. The van der Waals surface area contributed by atoms with E-state index in [0.29, 0.717) is 18.8 Å². The Kier molecular flexibility index (Phi) is 7.50. The molecule has 2 aromatic carbocycles. The molecule has 4 heteroatoms. The van der Waals surface area contributed by atoms with Gasteiger partial charge in [-0.3, -0.25) is 4.79 Å². The van der Waals surface area contributed by atoms with Gasteiger partial charge in [-0.2, -0.15) is 0 Å². The van der Waals surface area contributed by atoms with Crippen molar-refractivity contribution in [3.63, 3.8) is 0 Å². The van der Waals surface area contributed by atoms with Crippen molar-refractivity contribution in [3.05, 3.63) is 59.2 Å². The molecular weight excluding hydrogens is 350 g/mol. The minimum Gasteiger partial charge on any atom is -0.493 e. The summed E-state index contributed by atoms with van der Waals surface area (Å²) in [6.45, 7) is 13.5. The molecule has 1 atom stereocenters. The van der Waals surface area contributed by atoms with E-state index in [0.717, 1.165) is 23.5 Å². The van der Waals surface area contributed by atoms with Crippen LogP contribution >= 0.6 is 0 Å². The number of carbonyl (C=O) groups is 1. The SMILES string of the molecule is CCOc1ccc(C(=O)N[C@@H](C)CC)cc1COc1ccc(C(C)(C)C)cc1. The maximum atomic E-state index is 12.4. The predicted octanol–water partition coefficient (Wildman–Crippen LogP) is 5.49. The Balaban J connectivity index is 2.15. The number of carbonyl (C=O) groups excluding carboxylic acids is 1. The number of nitrogens with one attached hydrogen (secondary N) is 1. The standard InChI is InChI=1S/C24H33NO3/c1-7-17(3)25-23(26)18-9-14-22(27-8-2)19(15-18)16-28-21-12-10-20(11-13-21)24(4,5)6/h9-15,17H,7-8,16H2,1-6H3,(H,25,26)/t17-/m0/s1. The van der Waals surface area contributed by atoms with Gasteiger partial charge in [-0.25, -0.2) is 0 Å². The highest BCUT2D eigenvalue weighted by molar-refractivity contribution is 5.94. The van der Waals surface area contributed by atoms with Crippen molar-refractivity contribution in [2.45, 2.75) is 66.0 Å². The third-order valence-electron chi connectivity index (χ3n) is 4.73. The van der Waals surface area contributed by atoms with Gasteiger partial charge in [0.2, 0.25) is 0 Å². The van der Waals surface area contributed by atoms with Crippen LogP contribution in [-0.4, -0.2) is 18.6 Å². The lowest BCUT2D eigenvalue weighted by Crippen LogP contribution is -2.32. The number of amides is 1. The van der Waals surface area contributed by atoms with E-state index in [1.165, 1.54) is 5.56 Å². The molecule has 0 saturated heterocycles. The van der Waals surface area contributed by atoms with Crippen molar-refractivity contribution in [3.8, 4) is 11.5 Å². The van der Waals surface area contributed by atoms with Gasteiger partial charge in [0.05, 0.1) is 6.61 Å². The molecular formula is C24H33NO3. The third kappa shape index (κ3) is 6.01. The Hall–Kier alpha value is -2.49. The fourth-order valence-electron chi connectivity index (χ4n) is 2.75. The number of hydrogen-bond donors (Lipinski definition) is 1. The number of rotatable bonds is 8. The lowest BCUT2D eigenvalue weighted by molar-refractivity contribution is 0.0939. The number of benzene rings is 2. The van der Waals surface area contributed by atoms with Crippen molar-refractivity contribution in [1.29, 1.82) is 0 Å². The average Bonchev–Trinajstić information content (AvgIpc) is 2.66. The van der Waals surface area contributed by atoms with Crippen molar-refractivity contribution in [1.82, 2.24) is 5.32 Å². The Bertz CT molecular complexity index is 775. The van der Waals surface area contributed by atoms with Gasteiger partial charge in [0, 0.05) is 17.2 Å². The zero-order valence-electron chi connectivity index (χ0n) is 18.0. The van der Waals surface area contributed by atoms with Gasteiger partial charge in [-0.05, 0) is 61.6 Å². The highest BCUT2D eigenvalue weighted by atomic mass is 16.5. The maximum absolute atomic E-state index is 12.4. The van der Waals surface area contributed by atoms with Crippen molar-refractivity contribution >= 4 is 5.91 Å². The molecule has 1 amide bonds. The van der Waals surface area contributed by atoms with Gasteiger partial charge < -0.3 is 14.8 Å². The van der Waals surface area contributed by atoms with Crippen LogP contribution in [0.25, 0.3) is 0 Å². The van der Waals surface area contributed by atoms with E-state index in [-0.39, 0.29) is 17.4 Å². The highest BCUT2D eigenvalue weighted by Crippen LogP contribution is 2.26. The Morgan fingerprint density at radius 2 is 1.71 bits per heavy atom. The van der Waals surface area contributed by atoms with Crippen LogP contribution < -0.4 is 14.8 Å². The van der Waals surface area contributed by atoms with E-state index in [1.54, 1.807) is 6.07 Å². The van der Waals surface area contributed by atoms with E-state index in [1.807, 2.05) is 45.0 Å². The lowest BCUT2D eigenvalue weighted by atomic mass is 9.87. The lowest BCUT2D eigenvalue weighted by Gasteiger charge is -2.19. The summed E-state index contributed by atoms with van der Waals surface area (Å²) in [5.41, 5.74) is 2.85. The van der Waals surface area contributed by atoms with E-state index in [9.17, 15) is 4.79 Å². The summed E-state index contributed by atoms with van der Waals surface area (Å²) in [5.74, 6) is 1.46. The van der Waals surface area contributed by atoms with Crippen molar-refractivity contribution in [2.75, 3.05) is 6.61 Å². The first-order chi connectivity index (χ1) is 13.2. The van der Waals surface area contributed by atoms with Crippen LogP contribution in [0.15, 0.2) is 42.5 Å². The smallest absolute Gasteiger partial charge is 0.251 e. The maximum Gasteiger partial charge on any atom is 0.251 e. The van der Waals surface area contributed by atoms with Gasteiger partial charge in [0.25, 0.3) is 5.91 Å². The Labute approximate surface area is 169 Å². The molecule has 0 aliphatic heterocycles. The first kappa shape index (κ1) is 21.8. The van der Waals surface area contributed by atoms with Crippen LogP contribution in [0.4, 0.5) is 0 Å². The Morgan fingerprint density at radius 3 is 2.29 bits per heavy atom. The molecule has 0 radical (unpaired) electrons. The Morgan fingerprint density at radius 1 is 1.04 bits per heavy atom. The zero-order valence-corrected chi connectivity index (χ0v) is 18.0. The van der Waals surface area contributed by atoms with Crippen molar-refractivity contribution < 1.29 is 14.3 Å².